The van der Waals surface area contributed by atoms with E-state index in [1.54, 1.807) is 41.5 Å². The second-order valence-corrected chi connectivity index (χ2v) is 18.1. The molecule has 0 aliphatic carbocycles. The summed E-state index contributed by atoms with van der Waals surface area (Å²) in [4.78, 5) is 24.5. The van der Waals surface area contributed by atoms with Crippen LogP contribution in [-0.2, 0) is 33.9 Å². The summed E-state index contributed by atoms with van der Waals surface area (Å²) in [5, 5.41) is 5.30. The van der Waals surface area contributed by atoms with E-state index in [0.717, 1.165) is 0 Å². The van der Waals surface area contributed by atoms with Crippen LogP contribution in [0.3, 0.4) is 0 Å². The van der Waals surface area contributed by atoms with Gasteiger partial charge in [-0.15, -0.1) is 0 Å². The molecular weight excluding hydrogens is 593 g/mol. The Morgan fingerprint density at radius 3 is 1.46 bits per heavy atom. The van der Waals surface area contributed by atoms with Crippen molar-refractivity contribution in [1.82, 2.24) is 10.6 Å². The zero-order chi connectivity index (χ0) is 30.7. The van der Waals surface area contributed by atoms with Crippen molar-refractivity contribution in [2.24, 2.45) is 5.41 Å². The quantitative estimate of drug-likeness (QED) is 0.101. The van der Waals surface area contributed by atoms with Crippen molar-refractivity contribution in [3.63, 3.8) is 0 Å². The molecule has 0 heterocycles. The van der Waals surface area contributed by atoms with E-state index < -0.39 is 61.5 Å². The molecule has 0 bridgehead atoms. The van der Waals surface area contributed by atoms with E-state index in [1.807, 2.05) is 20.8 Å². The van der Waals surface area contributed by atoms with Crippen LogP contribution in [0.25, 0.3) is 0 Å². The summed E-state index contributed by atoms with van der Waals surface area (Å²) in [6.45, 7) is 15.8. The fourth-order valence-electron chi connectivity index (χ4n) is 2.51. The summed E-state index contributed by atoms with van der Waals surface area (Å²) in [5.41, 5.74) is -1.84. The van der Waals surface area contributed by atoms with Crippen LogP contribution in [0.5, 0.6) is 0 Å². The van der Waals surface area contributed by atoms with Gasteiger partial charge in [-0.2, -0.15) is 16.8 Å². The molecule has 2 atom stereocenters. The summed E-state index contributed by atoms with van der Waals surface area (Å²) >= 11 is 0. The highest BCUT2D eigenvalue weighted by Gasteiger charge is 2.25. The van der Waals surface area contributed by atoms with E-state index in [9.17, 15) is 26.4 Å². The number of amides is 2. The molecule has 0 aliphatic rings. The Balaban J connectivity index is 5.20. The fourth-order valence-corrected chi connectivity index (χ4v) is 6.90. The highest BCUT2D eigenvalue weighted by molar-refractivity contribution is 8.76. The lowest BCUT2D eigenvalue weighted by Gasteiger charge is -2.24. The third kappa shape index (κ3) is 24.6. The molecule has 0 aliphatic heterocycles. The molecule has 0 radical (unpaired) electrons. The minimum Gasteiger partial charge on any atom is -0.444 e. The Labute approximate surface area is 242 Å². The van der Waals surface area contributed by atoms with Crippen molar-refractivity contribution >= 4 is 54.0 Å². The lowest BCUT2D eigenvalue weighted by atomic mass is 9.99. The maximum atomic E-state index is 12.4. The van der Waals surface area contributed by atoms with E-state index in [1.165, 1.54) is 21.6 Å². The normalized spacial score (nSPS) is 14.8. The van der Waals surface area contributed by atoms with Gasteiger partial charge in [0.2, 0.25) is 0 Å². The molecule has 16 heteroatoms. The first kappa shape index (κ1) is 38.1. The molecule has 0 saturated carbocycles. The molecule has 0 aromatic heterocycles. The molecule has 232 valence electrons. The van der Waals surface area contributed by atoms with Gasteiger partial charge in [-0.3, -0.25) is 8.74 Å². The Morgan fingerprint density at radius 1 is 0.744 bits per heavy atom. The molecule has 3 N–H and O–H groups in total. The number of carbonyl (C=O) groups is 2. The van der Waals surface area contributed by atoms with Gasteiger partial charge in [-0.25, -0.2) is 9.59 Å². The molecule has 0 fully saturated rings. The minimum atomic E-state index is -4.24. The summed E-state index contributed by atoms with van der Waals surface area (Å²) in [5.74, 6) is -0.318. The van der Waals surface area contributed by atoms with Gasteiger partial charge in [0.25, 0.3) is 20.2 Å². The van der Waals surface area contributed by atoms with Crippen molar-refractivity contribution in [1.29, 1.82) is 0 Å². The molecule has 2 unspecified atom stereocenters. The predicted octanol–water partition coefficient (Wildman–Crippen LogP) is 4.21. The molecule has 0 rings (SSSR count). The van der Waals surface area contributed by atoms with Crippen molar-refractivity contribution in [3.05, 3.63) is 0 Å². The van der Waals surface area contributed by atoms with E-state index in [4.69, 9.17) is 18.2 Å². The van der Waals surface area contributed by atoms with E-state index in [2.05, 4.69) is 10.6 Å². The highest BCUT2D eigenvalue weighted by atomic mass is 33.1. The first-order valence-electron chi connectivity index (χ1n) is 12.4. The van der Waals surface area contributed by atoms with Crippen LogP contribution >= 0.6 is 21.6 Å². The molecule has 39 heavy (non-hydrogen) atoms. The van der Waals surface area contributed by atoms with Crippen molar-refractivity contribution in [3.8, 4) is 0 Å². The second kappa shape index (κ2) is 15.9. The average molecular weight is 639 g/mol. The van der Waals surface area contributed by atoms with Gasteiger partial charge >= 0.3 is 12.2 Å². The van der Waals surface area contributed by atoms with Crippen LogP contribution < -0.4 is 10.6 Å². The Hall–Kier alpha value is -0.940. The van der Waals surface area contributed by atoms with Gasteiger partial charge in [-0.1, -0.05) is 42.4 Å². The van der Waals surface area contributed by atoms with Gasteiger partial charge in [0.05, 0.1) is 18.1 Å². The van der Waals surface area contributed by atoms with Crippen LogP contribution in [0.2, 0.25) is 0 Å². The topological polar surface area (TPSA) is 174 Å². The van der Waals surface area contributed by atoms with Crippen LogP contribution in [0.1, 0.15) is 75.2 Å². The second-order valence-electron chi connectivity index (χ2n) is 12.2. The monoisotopic (exact) mass is 638 g/mol. The predicted molar refractivity (Wildman–Crippen MR) is 156 cm³/mol. The van der Waals surface area contributed by atoms with Crippen molar-refractivity contribution in [2.45, 2.75) is 98.4 Å². The summed E-state index contributed by atoms with van der Waals surface area (Å²) in [7, 11) is -5.48. The van der Waals surface area contributed by atoms with Crippen LogP contribution in [0.4, 0.5) is 9.59 Å². The van der Waals surface area contributed by atoms with Crippen LogP contribution in [0, 0.1) is 5.41 Å². The molecular formula is C23H46N2O10S4. The van der Waals surface area contributed by atoms with Gasteiger partial charge in [-0.05, 0) is 59.8 Å². The van der Waals surface area contributed by atoms with Gasteiger partial charge in [0.1, 0.15) is 11.2 Å². The first-order valence-corrected chi connectivity index (χ1v) is 18.1. The van der Waals surface area contributed by atoms with E-state index in [0.29, 0.717) is 0 Å². The van der Waals surface area contributed by atoms with Gasteiger partial charge in [0, 0.05) is 23.6 Å². The summed E-state index contributed by atoms with van der Waals surface area (Å²) in [6.07, 6.45) is -1.39. The van der Waals surface area contributed by atoms with Crippen LogP contribution in [0.15, 0.2) is 0 Å². The Bertz CT molecular complexity index is 982. The largest absolute Gasteiger partial charge is 0.444 e. The third-order valence-electron chi connectivity index (χ3n) is 4.18. The minimum absolute atomic E-state index is 0.0275. The SMILES string of the molecule is CC(C)(C)COS(=O)(=O)CCC(CSSCC(CCS(=O)(=O)O)NC(=O)OC(C)(C)C)NC(=O)OC(C)(C)C. The number of ether oxygens (including phenoxy) is 2. The number of carbonyl (C=O) groups excluding carboxylic acids is 2. The van der Waals surface area contributed by atoms with Crippen molar-refractivity contribution in [2.75, 3.05) is 29.6 Å². The maximum Gasteiger partial charge on any atom is 0.407 e. The maximum absolute atomic E-state index is 12.4. The zero-order valence-electron chi connectivity index (χ0n) is 24.4. The summed E-state index contributed by atoms with van der Waals surface area (Å²) < 4.78 is 71.9. The van der Waals surface area contributed by atoms with E-state index in [-0.39, 0.29) is 42.1 Å². The highest BCUT2D eigenvalue weighted by Crippen LogP contribution is 2.25. The lowest BCUT2D eigenvalue weighted by Crippen LogP contribution is -2.42. The number of rotatable bonds is 15. The molecule has 0 aromatic rings. The van der Waals surface area contributed by atoms with Crippen molar-refractivity contribution < 1.29 is 44.6 Å². The number of hydrogen-bond acceptors (Lipinski definition) is 11. The lowest BCUT2D eigenvalue weighted by molar-refractivity contribution is 0.0496. The summed E-state index contributed by atoms with van der Waals surface area (Å²) in [6, 6.07) is -1.22. The fraction of sp³-hybridized carbons (Fsp3) is 0.913. The molecule has 0 aromatic carbocycles. The van der Waals surface area contributed by atoms with Gasteiger partial charge in [0.15, 0.2) is 0 Å². The standard InChI is InChI=1S/C23H46N2O10S4/c1-21(2,3)16-33-39(31,32)13-11-18(25-20(27)35-23(7,8)9)15-37-36-14-17(10-12-38(28,29)30)24-19(26)34-22(4,5)6/h17-18H,10-16H2,1-9H3,(H,24,26)(H,25,27)(H,28,29,30). The Morgan fingerprint density at radius 2 is 1.13 bits per heavy atom. The van der Waals surface area contributed by atoms with Crippen LogP contribution in [-0.4, -0.2) is 86.5 Å². The molecule has 2 amide bonds. The van der Waals surface area contributed by atoms with Gasteiger partial charge < -0.3 is 20.1 Å². The Kier molecular flexibility index (Phi) is 15.5. The molecule has 12 nitrogen and oxygen atoms in total. The molecule has 0 spiro atoms. The number of nitrogens with one attached hydrogen (secondary N) is 2. The third-order valence-corrected chi connectivity index (χ3v) is 8.70. The smallest absolute Gasteiger partial charge is 0.407 e. The average Bonchev–Trinajstić information content (AvgIpc) is 2.67. The zero-order valence-corrected chi connectivity index (χ0v) is 27.6. The first-order chi connectivity index (χ1) is 17.4. The number of alkyl carbamates (subject to hydrolysis) is 2. The van der Waals surface area contributed by atoms with E-state index >= 15 is 0 Å². The molecule has 0 saturated heterocycles. The number of hydrogen-bond donors (Lipinski definition) is 3.